The number of ketones is 1. The third-order valence-corrected chi connectivity index (χ3v) is 6.91. The monoisotopic (exact) mass is 439 g/mol. The average Bonchev–Trinajstić information content (AvgIpc) is 3.48. The van der Waals surface area contributed by atoms with E-state index in [2.05, 4.69) is 10.2 Å². The van der Waals surface area contributed by atoms with Gasteiger partial charge >= 0.3 is 5.91 Å². The number of Topliss-reactive ketones (excluding diaryl/α,β-unsaturated/α-hetero) is 1. The van der Waals surface area contributed by atoms with Gasteiger partial charge in [-0.25, -0.2) is 0 Å². The van der Waals surface area contributed by atoms with Gasteiger partial charge in [-0.15, -0.1) is 21.5 Å². The summed E-state index contributed by atoms with van der Waals surface area (Å²) < 4.78 is 5.72. The Morgan fingerprint density at radius 3 is 2.80 bits per heavy atom. The molecule has 152 valence electrons. The minimum Gasteiger partial charge on any atom is -0.507 e. The topological polar surface area (TPSA) is 92.6 Å². The molecule has 1 amide bonds. The Balaban J connectivity index is 1.67. The van der Waals surface area contributed by atoms with Gasteiger partial charge in [-0.1, -0.05) is 17.4 Å². The van der Waals surface area contributed by atoms with Crippen LogP contribution in [-0.4, -0.2) is 33.1 Å². The van der Waals surface area contributed by atoms with E-state index in [0.717, 1.165) is 22.6 Å². The number of anilines is 1. The predicted molar refractivity (Wildman–Crippen MR) is 114 cm³/mol. The summed E-state index contributed by atoms with van der Waals surface area (Å²) in [5.41, 5.74) is 1.51. The molecule has 7 nitrogen and oxygen atoms in total. The summed E-state index contributed by atoms with van der Waals surface area (Å²) in [6, 6.07) is 8.26. The minimum absolute atomic E-state index is 0.0576. The largest absolute Gasteiger partial charge is 0.507 e. The van der Waals surface area contributed by atoms with Crippen LogP contribution in [0.15, 0.2) is 41.3 Å². The number of rotatable bonds is 3. The van der Waals surface area contributed by atoms with E-state index in [4.69, 9.17) is 4.74 Å². The van der Waals surface area contributed by atoms with Crippen molar-refractivity contribution >= 4 is 45.3 Å². The maximum atomic E-state index is 13.0. The van der Waals surface area contributed by atoms with Gasteiger partial charge in [-0.05, 0) is 49.1 Å². The molecule has 0 spiro atoms. The van der Waals surface area contributed by atoms with Crippen molar-refractivity contribution in [3.05, 3.63) is 62.3 Å². The highest BCUT2D eigenvalue weighted by molar-refractivity contribution is 7.15. The Kier molecular flexibility index (Phi) is 4.44. The highest BCUT2D eigenvalue weighted by Crippen LogP contribution is 2.44. The second-order valence-electron chi connectivity index (χ2n) is 7.24. The smallest absolute Gasteiger partial charge is 0.301 e. The second kappa shape index (κ2) is 7.03. The van der Waals surface area contributed by atoms with E-state index in [-0.39, 0.29) is 17.4 Å². The van der Waals surface area contributed by atoms with Gasteiger partial charge < -0.3 is 9.84 Å². The van der Waals surface area contributed by atoms with Crippen molar-refractivity contribution in [2.75, 3.05) is 4.90 Å². The van der Waals surface area contributed by atoms with Crippen molar-refractivity contribution in [1.82, 2.24) is 10.2 Å². The van der Waals surface area contributed by atoms with Crippen LogP contribution in [0.2, 0.25) is 0 Å². The number of aliphatic hydroxyl groups is 1. The molecule has 9 heteroatoms. The average molecular weight is 440 g/mol. The Morgan fingerprint density at radius 1 is 1.27 bits per heavy atom. The molecule has 1 N–H and O–H groups in total. The van der Waals surface area contributed by atoms with E-state index in [9.17, 15) is 14.7 Å². The summed E-state index contributed by atoms with van der Waals surface area (Å²) in [5, 5.41) is 22.1. The number of hydrogen-bond acceptors (Lipinski definition) is 8. The summed E-state index contributed by atoms with van der Waals surface area (Å²) in [4.78, 5) is 28.1. The first-order valence-electron chi connectivity index (χ1n) is 9.38. The van der Waals surface area contributed by atoms with Crippen LogP contribution in [0.4, 0.5) is 5.13 Å². The van der Waals surface area contributed by atoms with Crippen LogP contribution >= 0.6 is 22.7 Å². The number of hydrogen-bond donors (Lipinski definition) is 1. The van der Waals surface area contributed by atoms with Gasteiger partial charge in [-0.3, -0.25) is 14.5 Å². The van der Waals surface area contributed by atoms with E-state index >= 15 is 0 Å². The molecule has 0 radical (unpaired) electrons. The third kappa shape index (κ3) is 2.93. The molecule has 5 rings (SSSR count). The fourth-order valence-corrected chi connectivity index (χ4v) is 5.39. The number of aliphatic hydroxyl groups excluding tert-OH is 1. The van der Waals surface area contributed by atoms with E-state index < -0.39 is 17.7 Å². The second-order valence-corrected chi connectivity index (χ2v) is 9.38. The molecule has 1 fully saturated rings. The Hall–Kier alpha value is -3.04. The molecule has 2 aromatic heterocycles. The molecule has 2 atom stereocenters. The van der Waals surface area contributed by atoms with Crippen LogP contribution in [0, 0.1) is 6.92 Å². The van der Waals surface area contributed by atoms with Gasteiger partial charge in [0.1, 0.15) is 28.7 Å². The first kappa shape index (κ1) is 19.0. The number of carbonyl (C=O) groups excluding carboxylic acids is 2. The lowest BCUT2D eigenvalue weighted by molar-refractivity contribution is -0.132. The molecule has 4 heterocycles. The number of nitrogens with zero attached hydrogens (tertiary/aromatic N) is 3. The number of thiophene rings is 1. The molecular formula is C21H17N3O4S2. The Morgan fingerprint density at radius 2 is 2.10 bits per heavy atom. The zero-order chi connectivity index (χ0) is 21.0. The highest BCUT2D eigenvalue weighted by atomic mass is 32.1. The zero-order valence-electron chi connectivity index (χ0n) is 16.2. The lowest BCUT2D eigenvalue weighted by atomic mass is 9.98. The standard InChI is InChI=1S/C21H17N3O4S2/c1-10-8-13-9-12(5-6-14(13)28-10)18(25)16-17(15-4-3-7-29-15)24(20(27)19(16)26)21-23-22-11(2)30-21/h3-7,9-10,17,25H,8H2,1-2H3. The SMILES string of the molecule is Cc1nnc(N2C(=O)C(=O)C(=C(O)c3ccc4c(c3)CC(C)O4)C2c2cccs2)s1. The van der Waals surface area contributed by atoms with Crippen LogP contribution in [0.25, 0.3) is 5.76 Å². The van der Waals surface area contributed by atoms with Crippen LogP contribution in [0.3, 0.4) is 0 Å². The minimum atomic E-state index is -0.749. The van der Waals surface area contributed by atoms with E-state index in [1.165, 1.54) is 27.6 Å². The number of amides is 1. The number of fused-ring (bicyclic) bond motifs is 1. The summed E-state index contributed by atoms with van der Waals surface area (Å²) in [5.74, 6) is -0.871. The third-order valence-electron chi connectivity index (χ3n) is 5.15. The summed E-state index contributed by atoms with van der Waals surface area (Å²) in [6.45, 7) is 3.76. The first-order valence-corrected chi connectivity index (χ1v) is 11.1. The molecule has 30 heavy (non-hydrogen) atoms. The van der Waals surface area contributed by atoms with Crippen LogP contribution in [0.5, 0.6) is 5.75 Å². The fourth-order valence-electron chi connectivity index (χ4n) is 3.85. The van der Waals surface area contributed by atoms with Gasteiger partial charge in [0, 0.05) is 16.9 Å². The molecule has 2 unspecified atom stereocenters. The van der Waals surface area contributed by atoms with E-state index in [1.807, 2.05) is 30.5 Å². The Labute approximate surface area is 180 Å². The van der Waals surface area contributed by atoms with Gasteiger partial charge in [0.15, 0.2) is 0 Å². The van der Waals surface area contributed by atoms with Crippen molar-refractivity contribution in [2.24, 2.45) is 0 Å². The molecule has 1 saturated heterocycles. The van der Waals surface area contributed by atoms with E-state index in [1.54, 1.807) is 19.1 Å². The van der Waals surface area contributed by atoms with Crippen molar-refractivity contribution in [2.45, 2.75) is 32.4 Å². The maximum absolute atomic E-state index is 13.0. The van der Waals surface area contributed by atoms with Crippen molar-refractivity contribution < 1.29 is 19.4 Å². The van der Waals surface area contributed by atoms with Crippen LogP contribution in [0.1, 0.15) is 34.0 Å². The van der Waals surface area contributed by atoms with Crippen LogP contribution < -0.4 is 9.64 Å². The van der Waals surface area contributed by atoms with Gasteiger partial charge in [0.25, 0.3) is 5.78 Å². The number of ether oxygens (including phenoxy) is 1. The Bertz CT molecular complexity index is 1200. The molecular weight excluding hydrogens is 422 g/mol. The van der Waals surface area contributed by atoms with Crippen molar-refractivity contribution in [1.29, 1.82) is 0 Å². The number of aryl methyl sites for hydroxylation is 1. The molecule has 0 saturated carbocycles. The molecule has 1 aromatic carbocycles. The van der Waals surface area contributed by atoms with Gasteiger partial charge in [0.05, 0.1) is 5.57 Å². The molecule has 3 aromatic rings. The number of aromatic nitrogens is 2. The first-order chi connectivity index (χ1) is 14.4. The van der Waals surface area contributed by atoms with Crippen molar-refractivity contribution in [3.63, 3.8) is 0 Å². The molecule has 2 aliphatic rings. The lowest BCUT2D eigenvalue weighted by Crippen LogP contribution is -2.29. The summed E-state index contributed by atoms with van der Waals surface area (Å²) in [7, 11) is 0. The lowest BCUT2D eigenvalue weighted by Gasteiger charge is -2.21. The quantitative estimate of drug-likeness (QED) is 0.379. The van der Waals surface area contributed by atoms with Gasteiger partial charge in [0.2, 0.25) is 5.13 Å². The van der Waals surface area contributed by atoms with Crippen molar-refractivity contribution in [3.8, 4) is 5.75 Å². The fraction of sp³-hybridized carbons (Fsp3) is 0.238. The predicted octanol–water partition coefficient (Wildman–Crippen LogP) is 3.86. The zero-order valence-corrected chi connectivity index (χ0v) is 17.8. The van der Waals surface area contributed by atoms with Gasteiger partial charge in [-0.2, -0.15) is 0 Å². The normalized spacial score (nSPS) is 22.4. The highest BCUT2D eigenvalue weighted by Gasteiger charge is 2.48. The summed E-state index contributed by atoms with van der Waals surface area (Å²) >= 11 is 2.64. The number of benzene rings is 1. The molecule has 0 aliphatic carbocycles. The van der Waals surface area contributed by atoms with E-state index in [0.29, 0.717) is 15.7 Å². The molecule has 0 bridgehead atoms. The maximum Gasteiger partial charge on any atom is 0.301 e. The van der Waals surface area contributed by atoms with Crippen LogP contribution in [-0.2, 0) is 16.0 Å². The summed E-state index contributed by atoms with van der Waals surface area (Å²) in [6.07, 6.45) is 0.790. The molecule has 2 aliphatic heterocycles. The number of carbonyl (C=O) groups is 2.